The highest BCUT2D eigenvalue weighted by molar-refractivity contribution is 6.31. The SMILES string of the molecule is Cc1cc(Cl)cc(N(c2ccc3c(c2)C(C)(C)c2ccccc2C3(C)C)c2ccc3c(c2)C(C)(C)c2ccccc2C3(C)C)c1. The van der Waals surface area contributed by atoms with E-state index >= 15 is 0 Å². The fourth-order valence-corrected chi connectivity index (χ4v) is 8.77. The van der Waals surface area contributed by atoms with E-state index in [1.165, 1.54) is 44.5 Å². The van der Waals surface area contributed by atoms with E-state index in [9.17, 15) is 0 Å². The van der Waals surface area contributed by atoms with Crippen LogP contribution in [-0.4, -0.2) is 0 Å². The molecule has 0 fully saturated rings. The number of halogens is 1. The van der Waals surface area contributed by atoms with Gasteiger partial charge in [-0.05, 0) is 99.5 Å². The van der Waals surface area contributed by atoms with Crippen molar-refractivity contribution in [1.82, 2.24) is 0 Å². The zero-order valence-electron chi connectivity index (χ0n) is 28.1. The number of rotatable bonds is 3. The van der Waals surface area contributed by atoms with E-state index in [2.05, 4.69) is 164 Å². The molecular formula is C43H44ClN. The minimum atomic E-state index is -0.140. The number of hydrogen-bond acceptors (Lipinski definition) is 1. The quantitative estimate of drug-likeness (QED) is 0.197. The predicted octanol–water partition coefficient (Wildman–Crippen LogP) is 12.0. The van der Waals surface area contributed by atoms with Crippen LogP contribution in [0.25, 0.3) is 0 Å². The van der Waals surface area contributed by atoms with Gasteiger partial charge in [0, 0.05) is 43.7 Å². The van der Waals surface area contributed by atoms with E-state index in [0.717, 1.165) is 27.6 Å². The first-order valence-electron chi connectivity index (χ1n) is 16.2. The monoisotopic (exact) mass is 609 g/mol. The summed E-state index contributed by atoms with van der Waals surface area (Å²) < 4.78 is 0. The Labute approximate surface area is 274 Å². The molecule has 45 heavy (non-hydrogen) atoms. The van der Waals surface area contributed by atoms with Gasteiger partial charge in [-0.15, -0.1) is 0 Å². The normalized spacial score (nSPS) is 17.8. The van der Waals surface area contributed by atoms with Gasteiger partial charge in [0.1, 0.15) is 0 Å². The number of nitrogens with zero attached hydrogens (tertiary/aromatic N) is 1. The average Bonchev–Trinajstić information content (AvgIpc) is 2.99. The van der Waals surface area contributed by atoms with Crippen LogP contribution in [0.15, 0.2) is 103 Å². The summed E-state index contributed by atoms with van der Waals surface area (Å²) >= 11 is 6.75. The molecule has 0 atom stereocenters. The third-order valence-corrected chi connectivity index (χ3v) is 11.3. The topological polar surface area (TPSA) is 3.24 Å². The summed E-state index contributed by atoms with van der Waals surface area (Å²) in [6.45, 7) is 21.1. The minimum Gasteiger partial charge on any atom is -0.310 e. The average molecular weight is 610 g/mol. The lowest BCUT2D eigenvalue weighted by Gasteiger charge is -2.45. The molecule has 228 valence electrons. The molecule has 5 aromatic rings. The Hall–Kier alpha value is -3.81. The molecule has 0 aliphatic heterocycles. The predicted molar refractivity (Wildman–Crippen MR) is 192 cm³/mol. The third kappa shape index (κ3) is 4.34. The molecular weight excluding hydrogens is 566 g/mol. The van der Waals surface area contributed by atoms with Crippen molar-refractivity contribution in [2.24, 2.45) is 0 Å². The van der Waals surface area contributed by atoms with Gasteiger partial charge in [0.25, 0.3) is 0 Å². The van der Waals surface area contributed by atoms with Crippen molar-refractivity contribution in [3.63, 3.8) is 0 Å². The van der Waals surface area contributed by atoms with Crippen LogP contribution in [0.5, 0.6) is 0 Å². The van der Waals surface area contributed by atoms with E-state index in [1.807, 2.05) is 6.07 Å². The second-order valence-electron chi connectivity index (χ2n) is 15.4. The molecule has 0 bridgehead atoms. The molecule has 7 rings (SSSR count). The van der Waals surface area contributed by atoms with Crippen LogP contribution in [0.2, 0.25) is 5.02 Å². The molecule has 0 saturated carbocycles. The van der Waals surface area contributed by atoms with Crippen molar-refractivity contribution in [3.05, 3.63) is 158 Å². The Morgan fingerprint density at radius 3 is 1.13 bits per heavy atom. The van der Waals surface area contributed by atoms with Crippen LogP contribution >= 0.6 is 11.6 Å². The molecule has 2 heteroatoms. The molecule has 0 saturated heterocycles. The molecule has 0 N–H and O–H groups in total. The van der Waals surface area contributed by atoms with Crippen LogP contribution in [0, 0.1) is 6.92 Å². The highest BCUT2D eigenvalue weighted by atomic mass is 35.5. The largest absolute Gasteiger partial charge is 0.310 e. The molecule has 2 aliphatic rings. The Morgan fingerprint density at radius 1 is 0.400 bits per heavy atom. The minimum absolute atomic E-state index is 0.0910. The highest BCUT2D eigenvalue weighted by Gasteiger charge is 2.43. The maximum Gasteiger partial charge on any atom is 0.0479 e. The molecule has 0 radical (unpaired) electrons. The molecule has 0 spiro atoms. The summed E-state index contributed by atoms with van der Waals surface area (Å²) in [5.74, 6) is 0. The summed E-state index contributed by atoms with van der Waals surface area (Å²) in [6, 6.07) is 38.6. The number of hydrogen-bond donors (Lipinski definition) is 0. The maximum absolute atomic E-state index is 6.75. The first kappa shape index (κ1) is 29.9. The van der Waals surface area contributed by atoms with Gasteiger partial charge in [-0.3, -0.25) is 0 Å². The summed E-state index contributed by atoms with van der Waals surface area (Å²) in [6.07, 6.45) is 0. The molecule has 0 heterocycles. The van der Waals surface area contributed by atoms with E-state index in [4.69, 9.17) is 11.6 Å². The highest BCUT2D eigenvalue weighted by Crippen LogP contribution is 2.53. The van der Waals surface area contributed by atoms with E-state index < -0.39 is 0 Å². The van der Waals surface area contributed by atoms with Crippen molar-refractivity contribution < 1.29 is 0 Å². The molecule has 0 unspecified atom stereocenters. The number of fused-ring (bicyclic) bond motifs is 4. The Balaban J connectivity index is 1.47. The number of aryl methyl sites for hydroxylation is 1. The van der Waals surface area contributed by atoms with Gasteiger partial charge in [-0.1, -0.05) is 128 Å². The molecule has 1 nitrogen and oxygen atoms in total. The van der Waals surface area contributed by atoms with Crippen LogP contribution < -0.4 is 4.90 Å². The summed E-state index contributed by atoms with van der Waals surface area (Å²) in [5.41, 5.74) is 15.2. The molecule has 0 amide bonds. The van der Waals surface area contributed by atoms with Gasteiger partial charge >= 0.3 is 0 Å². The Morgan fingerprint density at radius 2 is 0.756 bits per heavy atom. The smallest absolute Gasteiger partial charge is 0.0479 e. The van der Waals surface area contributed by atoms with Crippen LogP contribution in [0.1, 0.15) is 105 Å². The second-order valence-corrected chi connectivity index (χ2v) is 15.8. The Kier molecular flexibility index (Phi) is 6.53. The first-order valence-corrected chi connectivity index (χ1v) is 16.6. The van der Waals surface area contributed by atoms with Crippen molar-refractivity contribution in [3.8, 4) is 0 Å². The molecule has 5 aromatic carbocycles. The van der Waals surface area contributed by atoms with Crippen molar-refractivity contribution in [1.29, 1.82) is 0 Å². The third-order valence-electron chi connectivity index (χ3n) is 11.0. The van der Waals surface area contributed by atoms with Crippen LogP contribution in [0.4, 0.5) is 17.1 Å². The van der Waals surface area contributed by atoms with Gasteiger partial charge in [0.15, 0.2) is 0 Å². The second kappa shape index (κ2) is 9.84. The van der Waals surface area contributed by atoms with Crippen molar-refractivity contribution in [2.75, 3.05) is 4.90 Å². The summed E-state index contributed by atoms with van der Waals surface area (Å²) in [7, 11) is 0. The summed E-state index contributed by atoms with van der Waals surface area (Å²) in [4.78, 5) is 2.41. The van der Waals surface area contributed by atoms with Gasteiger partial charge in [0.2, 0.25) is 0 Å². The molecule has 0 aromatic heterocycles. The standard InChI is InChI=1S/C43H44ClN/c1-27-22-28(44)24-31(23-27)45(29-18-20-36-38(25-29)42(6,7)34-16-12-10-14-32(34)40(36,2)3)30-19-21-37-39(26-30)43(8,9)35-17-13-11-15-33(35)41(37,4)5/h10-26H,1-9H3. The van der Waals surface area contributed by atoms with E-state index in [-0.39, 0.29) is 21.7 Å². The Bertz CT molecular complexity index is 1850. The van der Waals surface area contributed by atoms with Crippen LogP contribution in [0.3, 0.4) is 0 Å². The lowest BCUT2D eigenvalue weighted by molar-refractivity contribution is 0.520. The van der Waals surface area contributed by atoms with Gasteiger partial charge in [-0.2, -0.15) is 0 Å². The fraction of sp³-hybridized carbons (Fsp3) is 0.302. The lowest BCUT2D eigenvalue weighted by Crippen LogP contribution is -2.37. The maximum atomic E-state index is 6.75. The molecule has 2 aliphatic carbocycles. The zero-order chi connectivity index (χ0) is 32.1. The van der Waals surface area contributed by atoms with E-state index in [0.29, 0.717) is 0 Å². The lowest BCUT2D eigenvalue weighted by atomic mass is 9.60. The van der Waals surface area contributed by atoms with Crippen molar-refractivity contribution in [2.45, 2.75) is 84.0 Å². The van der Waals surface area contributed by atoms with E-state index in [1.54, 1.807) is 0 Å². The first-order chi connectivity index (χ1) is 21.1. The van der Waals surface area contributed by atoms with Gasteiger partial charge in [0.05, 0.1) is 0 Å². The zero-order valence-corrected chi connectivity index (χ0v) is 28.9. The van der Waals surface area contributed by atoms with Gasteiger partial charge in [-0.25, -0.2) is 0 Å². The van der Waals surface area contributed by atoms with Gasteiger partial charge < -0.3 is 4.90 Å². The summed E-state index contributed by atoms with van der Waals surface area (Å²) in [5, 5.41) is 0.747. The fourth-order valence-electron chi connectivity index (χ4n) is 8.49. The number of anilines is 3. The van der Waals surface area contributed by atoms with Crippen molar-refractivity contribution >= 4 is 28.7 Å². The number of benzene rings is 5. The van der Waals surface area contributed by atoms with Crippen LogP contribution in [-0.2, 0) is 21.7 Å².